The van der Waals surface area contributed by atoms with Crippen LogP contribution in [0.4, 0.5) is 0 Å². The highest BCUT2D eigenvalue weighted by molar-refractivity contribution is 6.39. The minimum atomic E-state index is -0.932. The third kappa shape index (κ3) is 3.96. The number of rotatable bonds is 6. The summed E-state index contributed by atoms with van der Waals surface area (Å²) in [6, 6.07) is 15.1. The fourth-order valence-corrected chi connectivity index (χ4v) is 7.16. The summed E-state index contributed by atoms with van der Waals surface area (Å²) in [7, 11) is 0. The molecule has 3 saturated carbocycles. The van der Waals surface area contributed by atoms with E-state index >= 15 is 0 Å². The van der Waals surface area contributed by atoms with Crippen LogP contribution < -0.4 is 0 Å². The number of fused-ring (bicyclic) bond motifs is 2. The van der Waals surface area contributed by atoms with Crippen molar-refractivity contribution < 1.29 is 14.4 Å². The van der Waals surface area contributed by atoms with Crippen LogP contribution in [0.15, 0.2) is 47.0 Å². The van der Waals surface area contributed by atoms with Crippen molar-refractivity contribution in [2.75, 3.05) is 0 Å². The third-order valence-electron chi connectivity index (χ3n) is 8.48. The van der Waals surface area contributed by atoms with E-state index in [4.69, 9.17) is 32.5 Å². The number of ether oxygens (including phenoxy) is 1. The number of hydrogen-bond donors (Lipinski definition) is 1. The molecule has 6 rings (SSSR count). The van der Waals surface area contributed by atoms with Gasteiger partial charge in [-0.05, 0) is 79.7 Å². The van der Waals surface area contributed by atoms with Crippen LogP contribution in [0.2, 0.25) is 10.0 Å². The molecule has 36 heavy (non-hydrogen) atoms. The standard InChI is InChI=1S/C29H28Cl2N2O3/c1-16-10-20-12-21(13-23(16)29(20,34)19-5-2-4-17(11-19)14-32)35-15-22-27(33-36-28(22)18-8-9-18)26-24(30)6-3-7-25(26)31/h2-7,11,16,18,20-21,23,34H,8-10,12-13,15H2,1H3/t16-,20+,21+,23+,29-/m0/s1. The van der Waals surface area contributed by atoms with E-state index in [0.717, 1.165) is 49.0 Å². The topological polar surface area (TPSA) is 79.3 Å². The molecule has 3 aromatic rings. The Kier molecular flexibility index (Phi) is 6.13. The Hall–Kier alpha value is -2.36. The SMILES string of the molecule is C[C@H]1C[C@@H]2C[C@@H](OCc3c(-c4c(Cl)cccc4Cl)noc3C3CC3)C[C@H]1[C@]2(O)c1cccc(C#N)c1. The Labute approximate surface area is 221 Å². The first-order valence-corrected chi connectivity index (χ1v) is 13.4. The zero-order chi connectivity index (χ0) is 25.0. The zero-order valence-electron chi connectivity index (χ0n) is 20.1. The van der Waals surface area contributed by atoms with Gasteiger partial charge in [0.05, 0.1) is 40.0 Å². The van der Waals surface area contributed by atoms with Crippen molar-refractivity contribution >= 4 is 23.2 Å². The van der Waals surface area contributed by atoms with Gasteiger partial charge in [0.25, 0.3) is 0 Å². The van der Waals surface area contributed by atoms with Crippen LogP contribution in [0.5, 0.6) is 0 Å². The second kappa shape index (κ2) is 9.19. The van der Waals surface area contributed by atoms with Crippen LogP contribution in [-0.2, 0) is 16.9 Å². The van der Waals surface area contributed by atoms with Crippen LogP contribution in [0.1, 0.15) is 67.4 Å². The summed E-state index contributed by atoms with van der Waals surface area (Å²) >= 11 is 13.0. The molecular weight excluding hydrogens is 495 g/mol. The van der Waals surface area contributed by atoms with Crippen LogP contribution in [-0.4, -0.2) is 16.4 Å². The predicted octanol–water partition coefficient (Wildman–Crippen LogP) is 7.24. The predicted molar refractivity (Wildman–Crippen MR) is 138 cm³/mol. The summed E-state index contributed by atoms with van der Waals surface area (Å²) in [5.41, 5.74) is 2.76. The average molecular weight is 523 g/mol. The molecule has 2 aromatic carbocycles. The second-order valence-corrected chi connectivity index (χ2v) is 11.5. The first-order valence-electron chi connectivity index (χ1n) is 12.7. The van der Waals surface area contributed by atoms with Crippen molar-refractivity contribution in [3.8, 4) is 17.3 Å². The highest BCUT2D eigenvalue weighted by Gasteiger charge is 2.57. The number of halogens is 2. The molecule has 3 fully saturated rings. The number of nitrogens with zero attached hydrogens (tertiary/aromatic N) is 2. The number of aliphatic hydroxyl groups is 1. The molecule has 0 aliphatic heterocycles. The number of hydrogen-bond acceptors (Lipinski definition) is 5. The van der Waals surface area contributed by atoms with Crippen molar-refractivity contribution in [2.45, 2.75) is 63.3 Å². The molecule has 5 atom stereocenters. The Balaban J connectivity index is 1.25. The first kappa shape index (κ1) is 24.0. The molecule has 186 valence electrons. The molecule has 0 amide bonds. The molecule has 0 saturated heterocycles. The monoisotopic (exact) mass is 522 g/mol. The Morgan fingerprint density at radius 1 is 1.14 bits per heavy atom. The summed E-state index contributed by atoms with van der Waals surface area (Å²) in [6.07, 6.45) is 4.65. The molecule has 5 nitrogen and oxygen atoms in total. The van der Waals surface area contributed by atoms with Gasteiger partial charge in [-0.15, -0.1) is 0 Å². The van der Waals surface area contributed by atoms with Crippen molar-refractivity contribution in [1.29, 1.82) is 5.26 Å². The van der Waals surface area contributed by atoms with E-state index < -0.39 is 5.60 Å². The van der Waals surface area contributed by atoms with E-state index in [9.17, 15) is 10.4 Å². The molecule has 3 aliphatic rings. The summed E-state index contributed by atoms with van der Waals surface area (Å²) in [5, 5.41) is 26.8. The van der Waals surface area contributed by atoms with Gasteiger partial charge < -0.3 is 14.4 Å². The lowest BCUT2D eigenvalue weighted by Crippen LogP contribution is -2.45. The Morgan fingerprint density at radius 2 is 1.89 bits per heavy atom. The van der Waals surface area contributed by atoms with E-state index in [0.29, 0.717) is 45.3 Å². The minimum absolute atomic E-state index is 0.0147. The largest absolute Gasteiger partial charge is 0.385 e. The van der Waals surface area contributed by atoms with Gasteiger partial charge in [0.1, 0.15) is 11.5 Å². The van der Waals surface area contributed by atoms with Gasteiger partial charge in [0.2, 0.25) is 0 Å². The zero-order valence-corrected chi connectivity index (χ0v) is 21.6. The minimum Gasteiger partial charge on any atom is -0.385 e. The van der Waals surface area contributed by atoms with E-state index in [2.05, 4.69) is 18.1 Å². The number of benzene rings is 2. The molecule has 1 aromatic heterocycles. The third-order valence-corrected chi connectivity index (χ3v) is 9.11. The maximum atomic E-state index is 12.0. The van der Waals surface area contributed by atoms with E-state index in [1.807, 2.05) is 24.3 Å². The van der Waals surface area contributed by atoms with Crippen LogP contribution in [0.25, 0.3) is 11.3 Å². The van der Waals surface area contributed by atoms with Gasteiger partial charge in [0, 0.05) is 17.0 Å². The van der Waals surface area contributed by atoms with Gasteiger partial charge in [-0.3, -0.25) is 0 Å². The molecule has 0 radical (unpaired) electrons. The lowest BCUT2D eigenvalue weighted by atomic mass is 9.68. The van der Waals surface area contributed by atoms with E-state index in [1.54, 1.807) is 18.2 Å². The molecular formula is C29H28Cl2N2O3. The van der Waals surface area contributed by atoms with Crippen LogP contribution in [0.3, 0.4) is 0 Å². The first-order chi connectivity index (χ1) is 17.4. The van der Waals surface area contributed by atoms with E-state index in [1.165, 1.54) is 0 Å². The van der Waals surface area contributed by atoms with Crippen molar-refractivity contribution in [2.24, 2.45) is 17.8 Å². The number of aromatic nitrogens is 1. The second-order valence-electron chi connectivity index (χ2n) is 10.7. The van der Waals surface area contributed by atoms with Crippen LogP contribution >= 0.6 is 23.2 Å². The summed E-state index contributed by atoms with van der Waals surface area (Å²) in [4.78, 5) is 0. The van der Waals surface area contributed by atoms with Crippen molar-refractivity contribution in [1.82, 2.24) is 5.16 Å². The highest BCUT2D eigenvalue weighted by atomic mass is 35.5. The molecule has 2 bridgehead atoms. The molecule has 0 unspecified atom stereocenters. The molecule has 7 heteroatoms. The smallest absolute Gasteiger partial charge is 0.145 e. The summed E-state index contributed by atoms with van der Waals surface area (Å²) in [6.45, 7) is 2.59. The van der Waals surface area contributed by atoms with Gasteiger partial charge >= 0.3 is 0 Å². The molecule has 0 spiro atoms. The van der Waals surface area contributed by atoms with Gasteiger partial charge in [-0.1, -0.05) is 53.5 Å². The lowest BCUT2D eigenvalue weighted by molar-refractivity contribution is -0.120. The molecule has 1 heterocycles. The van der Waals surface area contributed by atoms with Crippen molar-refractivity contribution in [3.63, 3.8) is 0 Å². The average Bonchev–Trinajstić information content (AvgIpc) is 3.62. The maximum Gasteiger partial charge on any atom is 0.145 e. The summed E-state index contributed by atoms with van der Waals surface area (Å²) in [5.74, 6) is 1.75. The number of nitriles is 1. The van der Waals surface area contributed by atoms with E-state index in [-0.39, 0.29) is 17.9 Å². The maximum absolute atomic E-state index is 12.0. The quantitative estimate of drug-likeness (QED) is 0.369. The summed E-state index contributed by atoms with van der Waals surface area (Å²) < 4.78 is 12.3. The molecule has 3 aliphatic carbocycles. The Morgan fingerprint density at radius 3 is 2.58 bits per heavy atom. The van der Waals surface area contributed by atoms with Gasteiger partial charge in [-0.2, -0.15) is 5.26 Å². The van der Waals surface area contributed by atoms with Crippen molar-refractivity contribution in [3.05, 3.63) is 75.0 Å². The fourth-order valence-electron chi connectivity index (χ4n) is 6.59. The van der Waals surface area contributed by atoms with Gasteiger partial charge in [-0.25, -0.2) is 0 Å². The highest BCUT2D eigenvalue weighted by Crippen LogP contribution is 2.58. The fraction of sp³-hybridized carbons (Fsp3) is 0.448. The van der Waals surface area contributed by atoms with Gasteiger partial charge in [0.15, 0.2) is 0 Å². The normalized spacial score (nSPS) is 29.3. The lowest BCUT2D eigenvalue weighted by Gasteiger charge is -2.43. The Bertz CT molecular complexity index is 1320. The van der Waals surface area contributed by atoms with Crippen LogP contribution in [0, 0.1) is 29.1 Å². The molecule has 1 N–H and O–H groups in total.